The number of rotatable bonds is 3. The Kier molecular flexibility index (Phi) is 4.75. The van der Waals surface area contributed by atoms with E-state index < -0.39 is 0 Å². The minimum Gasteiger partial charge on any atom is -0.469 e. The second-order valence-corrected chi connectivity index (χ2v) is 6.58. The van der Waals surface area contributed by atoms with Gasteiger partial charge in [-0.25, -0.2) is 0 Å². The average molecular weight is 393 g/mol. The highest BCUT2D eigenvalue weighted by atomic mass is 35.5. The molecule has 0 spiro atoms. The maximum absolute atomic E-state index is 11.9. The van der Waals surface area contributed by atoms with E-state index >= 15 is 0 Å². The van der Waals surface area contributed by atoms with E-state index in [2.05, 4.69) is 4.51 Å². The zero-order chi connectivity index (χ0) is 19.7. The van der Waals surface area contributed by atoms with Gasteiger partial charge in [-0.2, -0.15) is 4.51 Å². The summed E-state index contributed by atoms with van der Waals surface area (Å²) in [7, 11) is 1.39. The van der Waals surface area contributed by atoms with Crippen molar-refractivity contribution in [3.05, 3.63) is 71.6 Å². The SMILES string of the molecule is COC(=O)Cc1ccccc1-c1c2cc/c(=N/Cl)cc-2oc2cc(N)ccc12. The summed E-state index contributed by atoms with van der Waals surface area (Å²) >= 11 is 5.64. The van der Waals surface area contributed by atoms with E-state index in [4.69, 9.17) is 26.7 Å². The monoisotopic (exact) mass is 392 g/mol. The van der Waals surface area contributed by atoms with Crippen LogP contribution < -0.4 is 11.1 Å². The van der Waals surface area contributed by atoms with Gasteiger partial charge in [-0.3, -0.25) is 4.79 Å². The molecule has 2 aromatic carbocycles. The molecule has 0 unspecified atom stereocenters. The molecule has 0 aromatic heterocycles. The van der Waals surface area contributed by atoms with Crippen molar-refractivity contribution in [2.75, 3.05) is 12.8 Å². The van der Waals surface area contributed by atoms with Crippen LogP contribution in [0.3, 0.4) is 0 Å². The summed E-state index contributed by atoms with van der Waals surface area (Å²) in [6, 6.07) is 18.8. The van der Waals surface area contributed by atoms with Crippen LogP contribution in [0.25, 0.3) is 33.4 Å². The molecule has 1 aliphatic carbocycles. The molecule has 140 valence electrons. The predicted molar refractivity (Wildman–Crippen MR) is 110 cm³/mol. The summed E-state index contributed by atoms with van der Waals surface area (Å²) in [6.07, 6.45) is 0.172. The van der Waals surface area contributed by atoms with Gasteiger partial charge in [0.1, 0.15) is 11.3 Å². The van der Waals surface area contributed by atoms with Crippen LogP contribution in [0.2, 0.25) is 0 Å². The Balaban J connectivity index is 2.10. The number of nitrogen functional groups attached to an aromatic ring is 1. The van der Waals surface area contributed by atoms with Gasteiger partial charge in [-0.1, -0.05) is 24.3 Å². The third kappa shape index (κ3) is 3.21. The molecule has 0 amide bonds. The molecule has 0 saturated heterocycles. The number of esters is 1. The lowest BCUT2D eigenvalue weighted by Crippen LogP contribution is -2.06. The largest absolute Gasteiger partial charge is 0.469 e. The van der Waals surface area contributed by atoms with Crippen LogP contribution in [0.5, 0.6) is 0 Å². The number of nitrogens with zero attached hydrogens (tertiary/aromatic N) is 1. The van der Waals surface area contributed by atoms with Crippen LogP contribution in [0.1, 0.15) is 5.56 Å². The minimum atomic E-state index is -0.297. The van der Waals surface area contributed by atoms with Crippen molar-refractivity contribution < 1.29 is 13.9 Å². The number of fused-ring (bicyclic) bond motifs is 2. The van der Waals surface area contributed by atoms with Crippen LogP contribution in [-0.4, -0.2) is 13.1 Å². The Morgan fingerprint density at radius 3 is 2.71 bits per heavy atom. The number of ether oxygens (including phenoxy) is 1. The fraction of sp³-hybridized carbons (Fsp3) is 0.0909. The number of anilines is 1. The number of carbonyl (C=O) groups excluding carboxylic acids is 1. The zero-order valence-electron chi connectivity index (χ0n) is 15.1. The van der Waals surface area contributed by atoms with Crippen molar-refractivity contribution in [1.82, 2.24) is 0 Å². The van der Waals surface area contributed by atoms with Crippen molar-refractivity contribution in [3.8, 4) is 22.5 Å². The number of methoxy groups -OCH3 is 1. The van der Waals surface area contributed by atoms with Crippen LogP contribution in [0.15, 0.2) is 69.6 Å². The van der Waals surface area contributed by atoms with Gasteiger partial charge < -0.3 is 14.9 Å². The van der Waals surface area contributed by atoms with Gasteiger partial charge in [-0.15, -0.1) is 0 Å². The standard InChI is InChI=1S/C22H17ClN2O3/c1-27-21(26)10-13-4-2-3-5-16(13)22-17-8-6-14(24)11-19(17)28-20-12-15(25-23)7-9-18(20)22/h2-9,11-12H,10,24H2,1H3/b25-15-. The smallest absolute Gasteiger partial charge is 0.309 e. The zero-order valence-corrected chi connectivity index (χ0v) is 15.9. The normalized spacial score (nSPS) is 11.9. The molecule has 5 nitrogen and oxygen atoms in total. The molecule has 2 N–H and O–H groups in total. The first-order valence-electron chi connectivity index (χ1n) is 8.67. The summed E-state index contributed by atoms with van der Waals surface area (Å²) < 4.78 is 14.7. The molecule has 1 heterocycles. The molecular formula is C22H17ClN2O3. The number of benzene rings is 3. The molecule has 0 bridgehead atoms. The Morgan fingerprint density at radius 2 is 1.93 bits per heavy atom. The molecule has 28 heavy (non-hydrogen) atoms. The molecule has 0 atom stereocenters. The fourth-order valence-corrected chi connectivity index (χ4v) is 3.49. The molecule has 0 radical (unpaired) electrons. The van der Waals surface area contributed by atoms with E-state index in [-0.39, 0.29) is 12.4 Å². The van der Waals surface area contributed by atoms with Gasteiger partial charge in [-0.05, 0) is 35.4 Å². The quantitative estimate of drug-likeness (QED) is 0.315. The van der Waals surface area contributed by atoms with Crippen molar-refractivity contribution in [2.24, 2.45) is 4.51 Å². The van der Waals surface area contributed by atoms with Crippen LogP contribution >= 0.6 is 11.8 Å². The van der Waals surface area contributed by atoms with Crippen molar-refractivity contribution >= 4 is 34.4 Å². The Morgan fingerprint density at radius 1 is 1.11 bits per heavy atom. The van der Waals surface area contributed by atoms with Gasteiger partial charge in [0.05, 0.1) is 18.9 Å². The van der Waals surface area contributed by atoms with Crippen molar-refractivity contribution in [3.63, 3.8) is 0 Å². The summed E-state index contributed by atoms with van der Waals surface area (Å²) in [5, 5.41) is 1.49. The molecule has 2 aromatic rings. The summed E-state index contributed by atoms with van der Waals surface area (Å²) in [4.78, 5) is 11.9. The van der Waals surface area contributed by atoms with Gasteiger partial charge in [0.15, 0.2) is 0 Å². The third-order valence-corrected chi connectivity index (χ3v) is 4.87. The van der Waals surface area contributed by atoms with E-state index in [0.717, 1.165) is 27.6 Å². The second-order valence-electron chi connectivity index (χ2n) is 6.41. The van der Waals surface area contributed by atoms with Gasteiger partial charge >= 0.3 is 5.97 Å². The Bertz CT molecular complexity index is 1230. The minimum absolute atomic E-state index is 0.172. The Hall–Kier alpha value is -3.31. The van der Waals surface area contributed by atoms with E-state index in [0.29, 0.717) is 22.4 Å². The van der Waals surface area contributed by atoms with E-state index in [1.54, 1.807) is 12.1 Å². The lowest BCUT2D eigenvalue weighted by molar-refractivity contribution is -0.139. The first-order valence-corrected chi connectivity index (χ1v) is 9.00. The first-order chi connectivity index (χ1) is 13.6. The molecule has 1 aliphatic heterocycles. The van der Waals surface area contributed by atoms with Crippen molar-refractivity contribution in [1.29, 1.82) is 0 Å². The van der Waals surface area contributed by atoms with Crippen LogP contribution in [-0.2, 0) is 16.0 Å². The number of hydrogen-bond donors (Lipinski definition) is 1. The highest BCUT2D eigenvalue weighted by molar-refractivity contribution is 6.14. The number of nitrogens with two attached hydrogens (primary N) is 1. The maximum atomic E-state index is 11.9. The molecule has 0 saturated carbocycles. The topological polar surface area (TPSA) is 77.8 Å². The van der Waals surface area contributed by atoms with E-state index in [1.807, 2.05) is 48.5 Å². The molecule has 0 fully saturated rings. The fourth-order valence-electron chi connectivity index (χ4n) is 3.38. The Labute approximate surface area is 166 Å². The maximum Gasteiger partial charge on any atom is 0.309 e. The molecule has 2 aliphatic rings. The molecule has 6 heteroatoms. The summed E-state index contributed by atoms with van der Waals surface area (Å²) in [5.41, 5.74) is 10.8. The lowest BCUT2D eigenvalue weighted by atomic mass is 9.90. The third-order valence-electron chi connectivity index (χ3n) is 4.68. The highest BCUT2D eigenvalue weighted by Crippen LogP contribution is 2.41. The summed E-state index contributed by atoms with van der Waals surface area (Å²) in [5.74, 6) is 0.331. The highest BCUT2D eigenvalue weighted by Gasteiger charge is 2.20. The van der Waals surface area contributed by atoms with Gasteiger partial charge in [0.25, 0.3) is 0 Å². The van der Waals surface area contributed by atoms with Crippen LogP contribution in [0.4, 0.5) is 5.69 Å². The molecule has 4 rings (SSSR count). The second kappa shape index (κ2) is 7.37. The lowest BCUT2D eigenvalue weighted by Gasteiger charge is -2.17. The number of carbonyl (C=O) groups is 1. The number of halogens is 1. The average Bonchev–Trinajstić information content (AvgIpc) is 2.72. The number of hydrogen-bond acceptors (Lipinski definition) is 5. The first kappa shape index (κ1) is 18.1. The summed E-state index contributed by atoms with van der Waals surface area (Å²) in [6.45, 7) is 0. The van der Waals surface area contributed by atoms with E-state index in [9.17, 15) is 4.79 Å². The van der Waals surface area contributed by atoms with Gasteiger partial charge in [0, 0.05) is 46.1 Å². The van der Waals surface area contributed by atoms with Crippen LogP contribution in [0, 0.1) is 0 Å². The van der Waals surface area contributed by atoms with Crippen molar-refractivity contribution in [2.45, 2.75) is 6.42 Å². The van der Waals surface area contributed by atoms with Gasteiger partial charge in [0.2, 0.25) is 0 Å². The van der Waals surface area contributed by atoms with E-state index in [1.165, 1.54) is 7.11 Å². The predicted octanol–water partition coefficient (Wildman–Crippen LogP) is 4.56. The molecular weight excluding hydrogens is 376 g/mol.